The fourth-order valence-corrected chi connectivity index (χ4v) is 10.7. The second-order valence-electron chi connectivity index (χ2n) is 18.1. The molecule has 58 heavy (non-hydrogen) atoms. The number of rotatable bonds is 5. The van der Waals surface area contributed by atoms with Crippen molar-refractivity contribution in [3.05, 3.63) is 47.7 Å². The molecule has 0 aliphatic carbocycles. The molecule has 1 aromatic heterocycles. The number of ether oxygens (including phenoxy) is 6. The monoisotopic (exact) mass is 804 g/mol. The number of cyclic esters (lactones) is 1. The number of aliphatic hydroxyl groups is 1. The van der Waals surface area contributed by atoms with Crippen molar-refractivity contribution in [3.63, 3.8) is 0 Å². The molecule has 5 aliphatic heterocycles. The number of esters is 1. The summed E-state index contributed by atoms with van der Waals surface area (Å²) in [6, 6.07) is 9.48. The Bertz CT molecular complexity index is 1890. The molecule has 0 spiro atoms. The Morgan fingerprint density at radius 2 is 1.83 bits per heavy atom. The van der Waals surface area contributed by atoms with Gasteiger partial charge in [0.1, 0.15) is 12.2 Å². The normalized spacial score (nSPS) is 40.9. The maximum Gasteiger partial charge on any atom is 0.410 e. The van der Waals surface area contributed by atoms with Crippen LogP contribution in [0.3, 0.4) is 0 Å². The fourth-order valence-electron chi connectivity index (χ4n) is 10.7. The number of aliphatic hydroxyl groups excluding tert-OH is 1. The summed E-state index contributed by atoms with van der Waals surface area (Å²) in [6.07, 6.45) is 0.773. The van der Waals surface area contributed by atoms with Gasteiger partial charge in [-0.25, -0.2) is 4.79 Å². The molecule has 0 radical (unpaired) electrons. The molecule has 2 aromatic rings. The fraction of sp³-hybridized carbons (Fsp3) is 0.689. The van der Waals surface area contributed by atoms with Gasteiger partial charge in [0.15, 0.2) is 11.9 Å². The van der Waals surface area contributed by atoms with E-state index in [0.717, 1.165) is 27.8 Å². The Hall–Kier alpha value is -3.46. The Labute approximate surface area is 343 Å². The molecule has 13 nitrogen and oxygen atoms in total. The van der Waals surface area contributed by atoms with Crippen molar-refractivity contribution in [2.75, 3.05) is 40.4 Å². The maximum atomic E-state index is 14.6. The van der Waals surface area contributed by atoms with Gasteiger partial charge in [-0.3, -0.25) is 19.7 Å². The molecule has 318 valence electrons. The molecule has 1 aromatic carbocycles. The lowest BCUT2D eigenvalue weighted by molar-refractivity contribution is -0.302. The van der Waals surface area contributed by atoms with Gasteiger partial charge in [0.05, 0.1) is 61.1 Å². The highest BCUT2D eigenvalue weighted by Gasteiger charge is 2.60. The van der Waals surface area contributed by atoms with Gasteiger partial charge in [-0.1, -0.05) is 45.9 Å². The highest BCUT2D eigenvalue weighted by Crippen LogP contribution is 2.45. The minimum atomic E-state index is -1.12. The summed E-state index contributed by atoms with van der Waals surface area (Å²) in [5.41, 5.74) is 1.48. The second kappa shape index (κ2) is 16.9. The zero-order chi connectivity index (χ0) is 41.7. The summed E-state index contributed by atoms with van der Waals surface area (Å²) in [5.74, 6) is -2.06. The predicted octanol–water partition coefficient (Wildman–Crippen LogP) is 5.91. The molecule has 4 bridgehead atoms. The van der Waals surface area contributed by atoms with Crippen LogP contribution in [-0.2, 0) is 33.2 Å². The smallest absolute Gasteiger partial charge is 0.410 e. The minimum Gasteiger partial charge on any atom is -0.458 e. The molecule has 4 fully saturated rings. The molecule has 0 unspecified atom stereocenters. The van der Waals surface area contributed by atoms with Gasteiger partial charge in [0.25, 0.3) is 0 Å². The van der Waals surface area contributed by atoms with Crippen molar-refractivity contribution < 1.29 is 43.1 Å². The van der Waals surface area contributed by atoms with Crippen molar-refractivity contribution >= 4 is 34.8 Å². The Kier molecular flexibility index (Phi) is 12.4. The standard InChI is InChI=1S/C45H64N4O9/c1-11-35-45(8)39-27(4)36(46-16-17-49(39)43(52)58-45)25(2)21-44(7)40(57-42-37(50)34(48(9)10)18-26(3)55-42)28(5)38(29(6)41(51)56-35)53-23-31(24-54-44)19-30-20-32-14-12-13-15-33(32)47-22-30/h12-15,19-20,22,25-29,34-35,37-40,42,50H,11,16-18,21,23-24H2,1-10H3/b31-19+/t25-,26+,27+,28+,29-,34-,35-,37+,38+,39-,40-,42-,44-,45-/m1/s1. The van der Waals surface area contributed by atoms with E-state index in [4.69, 9.17) is 38.4 Å². The number of amides is 1. The third kappa shape index (κ3) is 8.07. The number of carbonyl (C=O) groups excluding carboxylic acids is 2. The number of benzene rings is 1. The summed E-state index contributed by atoms with van der Waals surface area (Å²) < 4.78 is 40.3. The zero-order valence-corrected chi connectivity index (χ0v) is 35.9. The van der Waals surface area contributed by atoms with E-state index in [1.54, 1.807) is 4.90 Å². The summed E-state index contributed by atoms with van der Waals surface area (Å²) in [5, 5.41) is 12.8. The van der Waals surface area contributed by atoms with Gasteiger partial charge >= 0.3 is 12.1 Å². The van der Waals surface area contributed by atoms with Crippen LogP contribution in [0.1, 0.15) is 80.2 Å². The molecule has 4 saturated heterocycles. The lowest BCUT2D eigenvalue weighted by atomic mass is 9.72. The summed E-state index contributed by atoms with van der Waals surface area (Å²) >= 11 is 0. The third-order valence-corrected chi connectivity index (χ3v) is 13.6. The van der Waals surface area contributed by atoms with Gasteiger partial charge in [-0.2, -0.15) is 0 Å². The average Bonchev–Trinajstić information content (AvgIpc) is 3.33. The van der Waals surface area contributed by atoms with Crippen LogP contribution >= 0.6 is 0 Å². The van der Waals surface area contributed by atoms with E-state index in [1.807, 2.05) is 84.1 Å². The molecule has 13 heteroatoms. The van der Waals surface area contributed by atoms with E-state index in [-0.39, 0.29) is 37.2 Å². The van der Waals surface area contributed by atoms with E-state index in [2.05, 4.69) is 32.9 Å². The van der Waals surface area contributed by atoms with Crippen LogP contribution in [0, 0.1) is 23.7 Å². The van der Waals surface area contributed by atoms with Gasteiger partial charge < -0.3 is 38.4 Å². The lowest BCUT2D eigenvalue weighted by Gasteiger charge is -2.48. The van der Waals surface area contributed by atoms with E-state index in [1.165, 1.54) is 0 Å². The van der Waals surface area contributed by atoms with E-state index >= 15 is 0 Å². The molecule has 14 atom stereocenters. The summed E-state index contributed by atoms with van der Waals surface area (Å²) in [4.78, 5) is 41.8. The molecule has 6 heterocycles. The second-order valence-corrected chi connectivity index (χ2v) is 18.1. The quantitative estimate of drug-likeness (QED) is 0.361. The molecule has 1 amide bonds. The highest BCUT2D eigenvalue weighted by molar-refractivity contribution is 5.91. The Morgan fingerprint density at radius 1 is 1.07 bits per heavy atom. The van der Waals surface area contributed by atoms with Crippen molar-refractivity contribution in [3.8, 4) is 0 Å². The number of aromatic nitrogens is 1. The van der Waals surface area contributed by atoms with Crippen LogP contribution in [0.2, 0.25) is 0 Å². The van der Waals surface area contributed by atoms with Crippen molar-refractivity contribution in [2.45, 2.75) is 135 Å². The number of aliphatic imine (C=N–C) groups is 1. The topological polar surface area (TPSA) is 141 Å². The average molecular weight is 805 g/mol. The summed E-state index contributed by atoms with van der Waals surface area (Å²) in [6.45, 7) is 17.2. The number of para-hydroxylation sites is 1. The van der Waals surface area contributed by atoms with Crippen molar-refractivity contribution in [2.24, 2.45) is 28.7 Å². The first kappa shape index (κ1) is 42.7. The number of hydrogen-bond acceptors (Lipinski definition) is 12. The Balaban J connectivity index is 1.36. The van der Waals surface area contributed by atoms with Crippen LogP contribution in [0.25, 0.3) is 17.0 Å². The number of hydrogen-bond donors (Lipinski definition) is 1. The van der Waals surface area contributed by atoms with Crippen molar-refractivity contribution in [1.29, 1.82) is 0 Å². The van der Waals surface area contributed by atoms with Gasteiger partial charge in [0.2, 0.25) is 0 Å². The first-order valence-electron chi connectivity index (χ1n) is 21.2. The van der Waals surface area contributed by atoms with Crippen LogP contribution < -0.4 is 0 Å². The van der Waals surface area contributed by atoms with E-state index in [9.17, 15) is 14.7 Å². The highest BCUT2D eigenvalue weighted by atomic mass is 16.7. The third-order valence-electron chi connectivity index (χ3n) is 13.6. The molecule has 7 rings (SSSR count). The van der Waals surface area contributed by atoms with Gasteiger partial charge in [-0.05, 0) is 96.3 Å². The van der Waals surface area contributed by atoms with Gasteiger partial charge in [-0.15, -0.1) is 0 Å². The zero-order valence-electron chi connectivity index (χ0n) is 35.9. The number of pyridine rings is 1. The molecule has 5 aliphatic rings. The maximum absolute atomic E-state index is 14.6. The SMILES string of the molecule is CC[C@H]1OC(=O)[C@H](C)[C@H]2OC/C(=C\c3cnc4ccccc4c3)CO[C@](C)(C[C@@H](C)C3=NCCN4C(=O)O[C@@]1(C)[C@H]4[C@H]3C)[C@H](O[C@H]1O[C@@H](C)C[C@@H](N(C)C)[C@@H]1O)[C@H]2C. The number of carbonyl (C=O) groups is 2. The number of likely N-dealkylation sites (N-methyl/N-ethyl adjacent to an activating group) is 1. The first-order valence-corrected chi connectivity index (χ1v) is 21.2. The molecule has 0 saturated carbocycles. The van der Waals surface area contributed by atoms with E-state index in [0.29, 0.717) is 32.4 Å². The lowest BCUT2D eigenvalue weighted by Crippen LogP contribution is -2.60. The molecule has 1 N–H and O–H groups in total. The largest absolute Gasteiger partial charge is 0.458 e. The van der Waals surface area contributed by atoms with Crippen LogP contribution in [0.4, 0.5) is 4.79 Å². The van der Waals surface area contributed by atoms with Crippen LogP contribution in [0.5, 0.6) is 0 Å². The first-order chi connectivity index (χ1) is 27.5. The van der Waals surface area contributed by atoms with Crippen molar-refractivity contribution in [1.82, 2.24) is 14.8 Å². The predicted molar refractivity (Wildman–Crippen MR) is 220 cm³/mol. The van der Waals surface area contributed by atoms with Crippen LogP contribution in [0.15, 0.2) is 47.1 Å². The van der Waals surface area contributed by atoms with E-state index < -0.39 is 71.8 Å². The van der Waals surface area contributed by atoms with Gasteiger partial charge in [0, 0.05) is 41.7 Å². The molecular weight excluding hydrogens is 741 g/mol. The minimum absolute atomic E-state index is 0.135. The number of nitrogens with zero attached hydrogens (tertiary/aromatic N) is 4. The molecular formula is C45H64N4O9. The number of fused-ring (bicyclic) bond motifs is 5. The Morgan fingerprint density at radius 3 is 2.57 bits per heavy atom. The van der Waals surface area contributed by atoms with Crippen LogP contribution in [-0.4, -0.2) is 138 Å². The summed E-state index contributed by atoms with van der Waals surface area (Å²) in [7, 11) is 3.90.